The number of fused-ring (bicyclic) bond motifs is 1. The SMILES string of the molecule is O=C1CC[C]2CC2C1. The van der Waals surface area contributed by atoms with Gasteiger partial charge in [-0.1, -0.05) is 0 Å². The van der Waals surface area contributed by atoms with Crippen molar-refractivity contribution in [3.05, 3.63) is 5.92 Å². The van der Waals surface area contributed by atoms with Crippen LogP contribution in [0.5, 0.6) is 0 Å². The summed E-state index contributed by atoms with van der Waals surface area (Å²) in [4.78, 5) is 10.7. The van der Waals surface area contributed by atoms with E-state index in [0.717, 1.165) is 25.2 Å². The molecule has 0 heterocycles. The van der Waals surface area contributed by atoms with Crippen LogP contribution in [0.2, 0.25) is 0 Å². The first-order valence-corrected chi connectivity index (χ1v) is 3.22. The molecule has 0 bridgehead atoms. The molecule has 8 heavy (non-hydrogen) atoms. The van der Waals surface area contributed by atoms with Crippen LogP contribution in [0.1, 0.15) is 25.7 Å². The number of carbonyl (C=O) groups is 1. The standard InChI is InChI=1S/C7H9O/c8-7-2-1-5-3-6(5)4-7/h6H,1-4H2. The van der Waals surface area contributed by atoms with Gasteiger partial charge in [-0.3, -0.25) is 4.79 Å². The van der Waals surface area contributed by atoms with E-state index in [1.807, 2.05) is 0 Å². The van der Waals surface area contributed by atoms with Crippen LogP contribution in [-0.4, -0.2) is 5.78 Å². The van der Waals surface area contributed by atoms with Crippen LogP contribution < -0.4 is 0 Å². The van der Waals surface area contributed by atoms with Gasteiger partial charge in [0, 0.05) is 12.8 Å². The Hall–Kier alpha value is -0.330. The molecule has 2 fully saturated rings. The van der Waals surface area contributed by atoms with Gasteiger partial charge in [0.15, 0.2) is 0 Å². The van der Waals surface area contributed by atoms with Crippen LogP contribution >= 0.6 is 0 Å². The van der Waals surface area contributed by atoms with Crippen molar-refractivity contribution in [3.63, 3.8) is 0 Å². The van der Waals surface area contributed by atoms with Crippen LogP contribution in [-0.2, 0) is 4.79 Å². The molecule has 43 valence electrons. The Labute approximate surface area is 49.1 Å². The molecule has 2 aliphatic carbocycles. The van der Waals surface area contributed by atoms with E-state index >= 15 is 0 Å². The smallest absolute Gasteiger partial charge is 0.133 e. The van der Waals surface area contributed by atoms with Crippen molar-refractivity contribution in [2.45, 2.75) is 25.7 Å². The minimum Gasteiger partial charge on any atom is -0.300 e. The van der Waals surface area contributed by atoms with Gasteiger partial charge in [0.2, 0.25) is 0 Å². The molecule has 0 saturated heterocycles. The molecule has 0 aromatic rings. The third kappa shape index (κ3) is 0.575. The number of rotatable bonds is 0. The third-order valence-electron chi connectivity index (χ3n) is 2.12. The van der Waals surface area contributed by atoms with Crippen LogP contribution in [0.25, 0.3) is 0 Å². The third-order valence-corrected chi connectivity index (χ3v) is 2.12. The minimum atomic E-state index is 0.483. The van der Waals surface area contributed by atoms with Gasteiger partial charge in [-0.25, -0.2) is 0 Å². The second kappa shape index (κ2) is 1.34. The van der Waals surface area contributed by atoms with E-state index in [0.29, 0.717) is 5.78 Å². The maximum atomic E-state index is 10.7. The molecule has 1 atom stereocenters. The monoisotopic (exact) mass is 109 g/mol. The molecule has 0 amide bonds. The predicted octanol–water partition coefficient (Wildman–Crippen LogP) is 1.33. The highest BCUT2D eigenvalue weighted by Crippen LogP contribution is 2.50. The summed E-state index contributed by atoms with van der Waals surface area (Å²) in [7, 11) is 0. The molecule has 0 aliphatic heterocycles. The zero-order valence-corrected chi connectivity index (χ0v) is 4.81. The Morgan fingerprint density at radius 3 is 2.75 bits per heavy atom. The largest absolute Gasteiger partial charge is 0.300 e. The molecule has 2 rings (SSSR count). The van der Waals surface area contributed by atoms with Crippen LogP contribution in [0.4, 0.5) is 0 Å². The van der Waals surface area contributed by atoms with Gasteiger partial charge in [-0.05, 0) is 24.7 Å². The Morgan fingerprint density at radius 2 is 2.12 bits per heavy atom. The van der Waals surface area contributed by atoms with Crippen molar-refractivity contribution in [3.8, 4) is 0 Å². The summed E-state index contributed by atoms with van der Waals surface area (Å²) in [6.07, 6.45) is 4.09. The first-order valence-electron chi connectivity index (χ1n) is 3.22. The minimum absolute atomic E-state index is 0.483. The summed E-state index contributed by atoms with van der Waals surface area (Å²) >= 11 is 0. The van der Waals surface area contributed by atoms with E-state index in [1.54, 1.807) is 5.92 Å². The maximum Gasteiger partial charge on any atom is 0.133 e. The quantitative estimate of drug-likeness (QED) is 0.458. The second-order valence-corrected chi connectivity index (χ2v) is 2.80. The Balaban J connectivity index is 2.02. The van der Waals surface area contributed by atoms with E-state index in [9.17, 15) is 4.79 Å². The molecule has 2 aliphatic rings. The van der Waals surface area contributed by atoms with E-state index in [-0.39, 0.29) is 0 Å². The lowest BCUT2D eigenvalue weighted by Gasteiger charge is -2.04. The maximum absolute atomic E-state index is 10.7. The van der Waals surface area contributed by atoms with E-state index < -0.39 is 0 Å². The number of ketones is 1. The van der Waals surface area contributed by atoms with Crippen molar-refractivity contribution < 1.29 is 4.79 Å². The van der Waals surface area contributed by atoms with Crippen LogP contribution in [0.15, 0.2) is 0 Å². The first kappa shape index (κ1) is 4.54. The molecular weight excluding hydrogens is 100 g/mol. The van der Waals surface area contributed by atoms with Crippen LogP contribution in [0, 0.1) is 11.8 Å². The van der Waals surface area contributed by atoms with Gasteiger partial charge in [-0.2, -0.15) is 0 Å². The predicted molar refractivity (Wildman–Crippen MR) is 30.2 cm³/mol. The summed E-state index contributed by atoms with van der Waals surface area (Å²) in [5, 5.41) is 0. The molecule has 0 aromatic carbocycles. The summed E-state index contributed by atoms with van der Waals surface area (Å²) in [6, 6.07) is 0. The van der Waals surface area contributed by atoms with Crippen molar-refractivity contribution in [1.82, 2.24) is 0 Å². The van der Waals surface area contributed by atoms with Gasteiger partial charge < -0.3 is 0 Å². The molecule has 2 saturated carbocycles. The zero-order chi connectivity index (χ0) is 5.56. The average Bonchev–Trinajstić information content (AvgIpc) is 2.43. The first-order chi connectivity index (χ1) is 3.86. The Bertz CT molecular complexity index is 128. The van der Waals surface area contributed by atoms with Gasteiger partial charge in [0.1, 0.15) is 5.78 Å². The van der Waals surface area contributed by atoms with Crippen molar-refractivity contribution in [1.29, 1.82) is 0 Å². The van der Waals surface area contributed by atoms with Gasteiger partial charge >= 0.3 is 0 Å². The Kier molecular flexibility index (Phi) is 0.758. The molecule has 1 heteroatoms. The number of Topliss-reactive ketones (excluding diaryl/α,β-unsaturated/α-hetero) is 1. The number of carbonyl (C=O) groups excluding carboxylic acids is 1. The summed E-state index contributed by atoms with van der Waals surface area (Å²) in [5.41, 5.74) is 0. The van der Waals surface area contributed by atoms with Gasteiger partial charge in [-0.15, -0.1) is 0 Å². The lowest BCUT2D eigenvalue weighted by molar-refractivity contribution is -0.119. The summed E-state index contributed by atoms with van der Waals surface area (Å²) < 4.78 is 0. The summed E-state index contributed by atoms with van der Waals surface area (Å²) in [5.74, 6) is 2.89. The van der Waals surface area contributed by atoms with Crippen molar-refractivity contribution in [2.75, 3.05) is 0 Å². The van der Waals surface area contributed by atoms with Gasteiger partial charge in [0.05, 0.1) is 0 Å². The van der Waals surface area contributed by atoms with E-state index in [4.69, 9.17) is 0 Å². The highest BCUT2D eigenvalue weighted by atomic mass is 16.1. The highest BCUT2D eigenvalue weighted by Gasteiger charge is 2.41. The topological polar surface area (TPSA) is 17.1 Å². The molecule has 0 spiro atoms. The zero-order valence-electron chi connectivity index (χ0n) is 4.81. The van der Waals surface area contributed by atoms with Gasteiger partial charge in [0.25, 0.3) is 0 Å². The molecule has 1 unspecified atom stereocenters. The van der Waals surface area contributed by atoms with E-state index in [1.165, 1.54) is 6.42 Å². The Morgan fingerprint density at radius 1 is 1.25 bits per heavy atom. The molecule has 1 nitrogen and oxygen atoms in total. The second-order valence-electron chi connectivity index (χ2n) is 2.80. The molecule has 1 radical (unpaired) electrons. The highest BCUT2D eigenvalue weighted by molar-refractivity contribution is 5.81. The fourth-order valence-electron chi connectivity index (χ4n) is 1.46. The molecule has 0 aromatic heterocycles. The molecule has 0 N–H and O–H groups in total. The van der Waals surface area contributed by atoms with Crippen molar-refractivity contribution >= 4 is 5.78 Å². The van der Waals surface area contributed by atoms with Crippen LogP contribution in [0.3, 0.4) is 0 Å². The lowest BCUT2D eigenvalue weighted by Crippen LogP contribution is -2.04. The van der Waals surface area contributed by atoms with E-state index in [2.05, 4.69) is 0 Å². The normalized spacial score (nSPS) is 37.0. The summed E-state index contributed by atoms with van der Waals surface area (Å²) in [6.45, 7) is 0. The fourth-order valence-corrected chi connectivity index (χ4v) is 1.46. The molecular formula is C7H9O. The average molecular weight is 109 g/mol. The van der Waals surface area contributed by atoms with Crippen molar-refractivity contribution in [2.24, 2.45) is 5.92 Å². The number of hydrogen-bond donors (Lipinski definition) is 0. The fraction of sp³-hybridized carbons (Fsp3) is 0.714. The lowest BCUT2D eigenvalue weighted by atomic mass is 10.00. The number of hydrogen-bond acceptors (Lipinski definition) is 1.